The summed E-state index contributed by atoms with van der Waals surface area (Å²) in [4.78, 5) is 12.0. The molecule has 0 atom stereocenters. The molecular weight excluding hydrogens is 387 g/mol. The summed E-state index contributed by atoms with van der Waals surface area (Å²) in [6, 6.07) is 5.57. The molecule has 2 amide bonds. The number of amides is 2. The minimum absolute atomic E-state index is 0.151. The van der Waals surface area contributed by atoms with Crippen LogP contribution in [0.25, 0.3) is 0 Å². The second kappa shape index (κ2) is 6.20. The lowest BCUT2D eigenvalue weighted by molar-refractivity contribution is -0.286. The van der Waals surface area contributed by atoms with E-state index in [0.29, 0.717) is 6.07 Å². The molecule has 1 aliphatic rings. The number of carbonyl (C=O) groups is 1. The predicted molar refractivity (Wildman–Crippen MR) is 81.7 cm³/mol. The van der Waals surface area contributed by atoms with Gasteiger partial charge in [-0.3, -0.25) is 0 Å². The van der Waals surface area contributed by atoms with E-state index in [2.05, 4.69) is 20.1 Å². The SMILES string of the molecule is O=C(Nc1ccc(Cl)c(C(F)(F)F)c1)Nc1cccc2c1OC(F)(F)O2. The van der Waals surface area contributed by atoms with Crippen LogP contribution in [0.1, 0.15) is 5.56 Å². The first-order valence-corrected chi connectivity index (χ1v) is 7.26. The van der Waals surface area contributed by atoms with Gasteiger partial charge in [-0.2, -0.15) is 13.2 Å². The summed E-state index contributed by atoms with van der Waals surface area (Å²) < 4.78 is 73.2. The minimum Gasteiger partial charge on any atom is -0.395 e. The molecule has 0 aromatic heterocycles. The molecule has 26 heavy (non-hydrogen) atoms. The maximum absolute atomic E-state index is 13.1. The predicted octanol–water partition coefficient (Wildman–Crippen LogP) is 5.32. The Balaban J connectivity index is 1.77. The van der Waals surface area contributed by atoms with Crippen molar-refractivity contribution >= 4 is 29.0 Å². The smallest absolute Gasteiger partial charge is 0.395 e. The molecule has 1 aliphatic heterocycles. The van der Waals surface area contributed by atoms with Gasteiger partial charge in [0.1, 0.15) is 0 Å². The van der Waals surface area contributed by atoms with E-state index in [1.54, 1.807) is 0 Å². The number of para-hydroxylation sites is 1. The van der Waals surface area contributed by atoms with Crippen LogP contribution in [0.15, 0.2) is 36.4 Å². The van der Waals surface area contributed by atoms with Gasteiger partial charge in [0, 0.05) is 5.69 Å². The van der Waals surface area contributed by atoms with Gasteiger partial charge in [0.2, 0.25) is 0 Å². The monoisotopic (exact) mass is 394 g/mol. The first kappa shape index (κ1) is 18.1. The normalized spacial score (nSPS) is 14.8. The molecule has 0 radical (unpaired) electrons. The van der Waals surface area contributed by atoms with Crippen LogP contribution in [0.2, 0.25) is 5.02 Å². The van der Waals surface area contributed by atoms with Crippen LogP contribution in [-0.4, -0.2) is 12.3 Å². The summed E-state index contributed by atoms with van der Waals surface area (Å²) in [5.41, 5.74) is -1.48. The summed E-state index contributed by atoms with van der Waals surface area (Å²) in [5.74, 6) is -0.696. The summed E-state index contributed by atoms with van der Waals surface area (Å²) in [6.45, 7) is 0. The molecule has 3 rings (SSSR count). The number of halogens is 6. The van der Waals surface area contributed by atoms with Gasteiger partial charge in [0.25, 0.3) is 0 Å². The zero-order valence-electron chi connectivity index (χ0n) is 12.5. The molecule has 0 saturated heterocycles. The van der Waals surface area contributed by atoms with Crippen LogP contribution in [0.4, 0.5) is 38.1 Å². The minimum atomic E-state index is -4.71. The van der Waals surface area contributed by atoms with Crippen LogP contribution in [-0.2, 0) is 6.18 Å². The van der Waals surface area contributed by atoms with E-state index in [0.717, 1.165) is 12.1 Å². The highest BCUT2D eigenvalue weighted by Gasteiger charge is 2.44. The third-order valence-corrected chi connectivity index (χ3v) is 3.54. The number of hydrogen-bond acceptors (Lipinski definition) is 3. The molecule has 2 aromatic rings. The Morgan fingerprint density at radius 3 is 2.50 bits per heavy atom. The molecular formula is C15H8ClF5N2O3. The maximum Gasteiger partial charge on any atom is 0.586 e. The van der Waals surface area contributed by atoms with Crippen molar-refractivity contribution < 1.29 is 36.2 Å². The topological polar surface area (TPSA) is 59.6 Å². The molecule has 0 fully saturated rings. The molecule has 11 heteroatoms. The number of carbonyl (C=O) groups excluding carboxylic acids is 1. The van der Waals surface area contributed by atoms with Gasteiger partial charge in [-0.15, -0.1) is 8.78 Å². The highest BCUT2D eigenvalue weighted by molar-refractivity contribution is 6.31. The van der Waals surface area contributed by atoms with Gasteiger partial charge < -0.3 is 20.1 Å². The molecule has 0 spiro atoms. The number of rotatable bonds is 2. The van der Waals surface area contributed by atoms with Crippen molar-refractivity contribution in [3.63, 3.8) is 0 Å². The van der Waals surface area contributed by atoms with Crippen molar-refractivity contribution in [3.8, 4) is 11.5 Å². The number of alkyl halides is 5. The van der Waals surface area contributed by atoms with Crippen molar-refractivity contribution in [2.45, 2.75) is 12.5 Å². The standard InChI is InChI=1S/C15H8ClF5N2O3/c16-9-5-4-7(6-8(9)14(17,18)19)22-13(24)23-10-2-1-3-11-12(10)26-15(20,21)25-11/h1-6H,(H2,22,23,24). The number of urea groups is 1. The largest absolute Gasteiger partial charge is 0.586 e. The molecule has 0 aliphatic carbocycles. The van der Waals surface area contributed by atoms with E-state index >= 15 is 0 Å². The van der Waals surface area contributed by atoms with Crippen molar-refractivity contribution in [1.29, 1.82) is 0 Å². The van der Waals surface area contributed by atoms with Gasteiger partial charge in [-0.1, -0.05) is 17.7 Å². The van der Waals surface area contributed by atoms with Gasteiger partial charge in [-0.05, 0) is 30.3 Å². The molecule has 0 bridgehead atoms. The van der Waals surface area contributed by atoms with E-state index in [1.165, 1.54) is 18.2 Å². The van der Waals surface area contributed by atoms with Gasteiger partial charge in [0.15, 0.2) is 11.5 Å². The summed E-state index contributed by atoms with van der Waals surface area (Å²) in [6.07, 6.45) is -8.59. The number of nitrogens with one attached hydrogen (secondary N) is 2. The van der Waals surface area contributed by atoms with Crippen LogP contribution in [0, 0.1) is 0 Å². The summed E-state index contributed by atoms with van der Waals surface area (Å²) >= 11 is 5.49. The van der Waals surface area contributed by atoms with Gasteiger partial charge in [0.05, 0.1) is 16.3 Å². The first-order valence-electron chi connectivity index (χ1n) is 6.89. The third-order valence-electron chi connectivity index (χ3n) is 3.21. The fourth-order valence-corrected chi connectivity index (χ4v) is 2.40. The number of fused-ring (bicyclic) bond motifs is 1. The first-order chi connectivity index (χ1) is 12.0. The lowest BCUT2D eigenvalue weighted by Crippen LogP contribution is -2.26. The van der Waals surface area contributed by atoms with Gasteiger partial charge >= 0.3 is 18.5 Å². The van der Waals surface area contributed by atoms with E-state index in [-0.39, 0.29) is 17.1 Å². The number of hydrogen-bond donors (Lipinski definition) is 2. The van der Waals surface area contributed by atoms with Crippen molar-refractivity contribution in [2.75, 3.05) is 10.6 Å². The average molecular weight is 395 g/mol. The van der Waals surface area contributed by atoms with Crippen molar-refractivity contribution in [1.82, 2.24) is 0 Å². The van der Waals surface area contributed by atoms with E-state index in [9.17, 15) is 26.7 Å². The number of anilines is 2. The quantitative estimate of drug-likeness (QED) is 0.677. The average Bonchev–Trinajstić information content (AvgIpc) is 2.83. The molecule has 0 saturated carbocycles. The zero-order chi connectivity index (χ0) is 19.1. The molecule has 1 heterocycles. The third kappa shape index (κ3) is 3.74. The van der Waals surface area contributed by atoms with E-state index in [4.69, 9.17) is 11.6 Å². The van der Waals surface area contributed by atoms with E-state index in [1.807, 2.05) is 0 Å². The fourth-order valence-electron chi connectivity index (χ4n) is 2.17. The van der Waals surface area contributed by atoms with Gasteiger partial charge in [-0.25, -0.2) is 4.79 Å². The lowest BCUT2D eigenvalue weighted by Gasteiger charge is -2.13. The summed E-state index contributed by atoms with van der Waals surface area (Å²) in [5, 5.41) is 3.82. The summed E-state index contributed by atoms with van der Waals surface area (Å²) in [7, 11) is 0. The molecule has 2 N–H and O–H groups in total. The van der Waals surface area contributed by atoms with Crippen LogP contribution < -0.4 is 20.1 Å². The Labute approximate surface area is 147 Å². The van der Waals surface area contributed by atoms with Crippen LogP contribution in [0.5, 0.6) is 11.5 Å². The Morgan fingerprint density at radius 1 is 1.08 bits per heavy atom. The second-order valence-corrected chi connectivity index (χ2v) is 5.48. The molecule has 138 valence electrons. The number of benzene rings is 2. The van der Waals surface area contributed by atoms with Crippen molar-refractivity contribution in [2.24, 2.45) is 0 Å². The van der Waals surface area contributed by atoms with E-state index < -0.39 is 34.8 Å². The maximum atomic E-state index is 13.1. The van der Waals surface area contributed by atoms with Crippen molar-refractivity contribution in [3.05, 3.63) is 47.0 Å². The Hall–Kier alpha value is -2.75. The Morgan fingerprint density at radius 2 is 1.81 bits per heavy atom. The molecule has 2 aromatic carbocycles. The van der Waals surface area contributed by atoms with Crippen LogP contribution >= 0.6 is 11.6 Å². The zero-order valence-corrected chi connectivity index (χ0v) is 13.2. The second-order valence-electron chi connectivity index (χ2n) is 5.07. The molecule has 5 nitrogen and oxygen atoms in total. The highest BCUT2D eigenvalue weighted by Crippen LogP contribution is 2.45. The fraction of sp³-hybridized carbons (Fsp3) is 0.133. The molecule has 0 unspecified atom stereocenters. The number of ether oxygens (including phenoxy) is 2. The van der Waals surface area contributed by atoms with Crippen LogP contribution in [0.3, 0.4) is 0 Å². The highest BCUT2D eigenvalue weighted by atomic mass is 35.5. The Bertz CT molecular complexity index is 873. The Kier molecular flexibility index (Phi) is 4.31. The lowest BCUT2D eigenvalue weighted by atomic mass is 10.2.